The lowest BCUT2D eigenvalue weighted by Gasteiger charge is -2.40. The molecule has 4 aliphatic heterocycles. The number of fused-ring (bicyclic) bond motifs is 8. The number of benzene rings is 6. The van der Waals surface area contributed by atoms with Gasteiger partial charge in [0, 0.05) is 35.0 Å². The number of rotatable bonds is 10. The molecule has 0 aliphatic carbocycles. The molecule has 3 aromatic heterocycles. The third-order valence-corrected chi connectivity index (χ3v) is 15.5. The number of hydrogen-bond acceptors (Lipinski definition) is 6. The molecular formula is C66H52N6O4. The fourth-order valence-corrected chi connectivity index (χ4v) is 12.1. The lowest BCUT2D eigenvalue weighted by atomic mass is 9.79. The number of amides is 2. The Morgan fingerprint density at radius 3 is 1.00 bits per heavy atom. The molecule has 7 heterocycles. The first kappa shape index (κ1) is 46.6. The van der Waals surface area contributed by atoms with Crippen molar-refractivity contribution in [1.29, 1.82) is 0 Å². The topological polar surface area (TPSA) is 138 Å². The van der Waals surface area contributed by atoms with Crippen LogP contribution in [0.4, 0.5) is 11.4 Å². The number of nitrogens with one attached hydrogen (secondary N) is 2. The van der Waals surface area contributed by atoms with Gasteiger partial charge in [0.1, 0.15) is 11.2 Å². The van der Waals surface area contributed by atoms with Gasteiger partial charge in [-0.05, 0) is 94.8 Å². The summed E-state index contributed by atoms with van der Waals surface area (Å²) in [6.07, 6.45) is 9.04. The molecule has 2 atom stereocenters. The molecule has 10 nitrogen and oxygen atoms in total. The normalized spacial score (nSPS) is 16.5. The summed E-state index contributed by atoms with van der Waals surface area (Å²) in [6, 6.07) is 65.0. The molecule has 2 amide bonds. The van der Waals surface area contributed by atoms with Crippen LogP contribution in [-0.2, 0) is 20.8 Å². The summed E-state index contributed by atoms with van der Waals surface area (Å²) in [6.45, 7) is 0. The SMILES string of the molecule is O=C1CC[C@@H](C(O)(c2ccccc2)c2ccccc2)N1c1c2nc(c(-c3ccccc3)c3ccc([nH]3)c(N3C(=O)CC[C@H]3C(O)(c3ccccc3)c3ccccc3)c3nc(c(-c4ccccc4)c4ccc1[nH]4)C=C3)C=C2. The maximum Gasteiger partial charge on any atom is 0.227 e. The van der Waals surface area contributed by atoms with Gasteiger partial charge in [0.15, 0.2) is 0 Å². The van der Waals surface area contributed by atoms with Gasteiger partial charge < -0.3 is 30.0 Å². The van der Waals surface area contributed by atoms with Crippen molar-refractivity contribution in [1.82, 2.24) is 19.9 Å². The molecule has 6 aromatic carbocycles. The van der Waals surface area contributed by atoms with E-state index in [-0.39, 0.29) is 24.7 Å². The van der Waals surface area contributed by atoms with E-state index in [4.69, 9.17) is 9.97 Å². The third kappa shape index (κ3) is 7.72. The smallest absolute Gasteiger partial charge is 0.227 e. The number of nitrogens with zero attached hydrogens (tertiary/aromatic N) is 4. The zero-order chi connectivity index (χ0) is 51.4. The van der Waals surface area contributed by atoms with Crippen LogP contribution >= 0.6 is 0 Å². The highest BCUT2D eigenvalue weighted by molar-refractivity contribution is 6.07. The van der Waals surface area contributed by atoms with E-state index in [1.165, 1.54) is 0 Å². The summed E-state index contributed by atoms with van der Waals surface area (Å²) in [5, 5.41) is 26.9. The van der Waals surface area contributed by atoms with Crippen LogP contribution in [0, 0.1) is 0 Å². The summed E-state index contributed by atoms with van der Waals surface area (Å²) in [4.78, 5) is 51.9. The first-order valence-electron chi connectivity index (χ1n) is 25.9. The molecule has 2 saturated heterocycles. The van der Waals surface area contributed by atoms with Crippen LogP contribution in [0.5, 0.6) is 0 Å². The van der Waals surface area contributed by atoms with Crippen molar-refractivity contribution in [2.24, 2.45) is 0 Å². The molecule has 9 aromatic rings. The van der Waals surface area contributed by atoms with Gasteiger partial charge in [-0.15, -0.1) is 0 Å². The Bertz CT molecular complexity index is 3580. The number of carbonyl (C=O) groups excluding carboxylic acids is 2. The van der Waals surface area contributed by atoms with Crippen LogP contribution in [0.3, 0.4) is 0 Å². The van der Waals surface area contributed by atoms with Crippen molar-refractivity contribution in [2.75, 3.05) is 9.80 Å². The number of aliphatic hydroxyl groups is 2. The zero-order valence-electron chi connectivity index (χ0n) is 41.4. The van der Waals surface area contributed by atoms with Gasteiger partial charge in [0.05, 0.1) is 57.3 Å². The van der Waals surface area contributed by atoms with Gasteiger partial charge in [0.2, 0.25) is 11.8 Å². The predicted octanol–water partition coefficient (Wildman–Crippen LogP) is 12.9. The van der Waals surface area contributed by atoms with Gasteiger partial charge in [-0.3, -0.25) is 9.59 Å². The van der Waals surface area contributed by atoms with Gasteiger partial charge in [0.25, 0.3) is 0 Å². The molecule has 8 bridgehead atoms. The Balaban J connectivity index is 1.12. The molecule has 76 heavy (non-hydrogen) atoms. The van der Waals surface area contributed by atoms with Gasteiger partial charge in [-0.2, -0.15) is 0 Å². The van der Waals surface area contributed by atoms with Crippen LogP contribution in [-0.4, -0.2) is 54.0 Å². The van der Waals surface area contributed by atoms with Gasteiger partial charge in [-0.1, -0.05) is 182 Å². The standard InChI is InChI=1S/C66H52N6O4/c73-59-41-39-57(65(75,45-23-11-3-12-24-45)46-25-13-4-14-26-46)71(59)63-53-35-31-49(67-53)61(43-19-7-1-8-20-43)50-32-36-54(68-50)64(56-38-34-52(70-56)62(44-21-9-2-10-22-44)51-33-37-55(63)69-51)72-58(40-42-60(72)74)66(76,47-27-15-5-16-28-47)48-29-17-6-18-30-48/h1-38,57-58,67,70,75-76H,39-42H2/t57-,58-/m0/s1. The highest BCUT2D eigenvalue weighted by atomic mass is 16.3. The van der Waals surface area contributed by atoms with Crippen molar-refractivity contribution < 1.29 is 19.8 Å². The molecular weight excluding hydrogens is 941 g/mol. The molecule has 370 valence electrons. The fraction of sp³-hybridized carbons (Fsp3) is 0.121. The van der Waals surface area contributed by atoms with Crippen molar-refractivity contribution in [3.8, 4) is 22.3 Å². The average molecular weight is 993 g/mol. The minimum atomic E-state index is -1.61. The number of hydrogen-bond donors (Lipinski definition) is 4. The Hall–Kier alpha value is -9.22. The molecule has 4 N–H and O–H groups in total. The molecule has 10 heteroatoms. The molecule has 0 radical (unpaired) electrons. The van der Waals surface area contributed by atoms with Crippen molar-refractivity contribution >= 4 is 69.6 Å². The lowest BCUT2D eigenvalue weighted by molar-refractivity contribution is -0.118. The number of carbonyl (C=O) groups is 2. The summed E-state index contributed by atoms with van der Waals surface area (Å²) >= 11 is 0. The average Bonchev–Trinajstić information content (AvgIpc) is 4.37. The monoisotopic (exact) mass is 992 g/mol. The molecule has 13 rings (SSSR count). The Labute approximate surface area is 439 Å². The number of aromatic amines is 2. The molecule has 2 fully saturated rings. The Morgan fingerprint density at radius 1 is 0.382 bits per heavy atom. The summed E-state index contributed by atoms with van der Waals surface area (Å²) in [7, 11) is 0. The number of H-pyrrole nitrogens is 2. The summed E-state index contributed by atoms with van der Waals surface area (Å²) in [5.74, 6) is -0.277. The van der Waals surface area contributed by atoms with E-state index in [0.717, 1.165) is 33.3 Å². The Morgan fingerprint density at radius 2 is 0.671 bits per heavy atom. The second kappa shape index (κ2) is 18.9. The van der Waals surface area contributed by atoms with Crippen LogP contribution < -0.4 is 9.80 Å². The van der Waals surface area contributed by atoms with E-state index < -0.39 is 23.3 Å². The fourth-order valence-electron chi connectivity index (χ4n) is 12.1. The van der Waals surface area contributed by atoms with Crippen LogP contribution in [0.1, 0.15) is 70.7 Å². The molecule has 0 spiro atoms. The maximum absolute atomic E-state index is 14.9. The van der Waals surface area contributed by atoms with Crippen LogP contribution in [0.25, 0.3) is 68.6 Å². The number of aromatic nitrogens is 4. The second-order valence-corrected chi connectivity index (χ2v) is 19.8. The first-order chi connectivity index (χ1) is 37.3. The minimum Gasteiger partial charge on any atom is -0.378 e. The highest BCUT2D eigenvalue weighted by Gasteiger charge is 2.51. The van der Waals surface area contributed by atoms with E-state index in [1.807, 2.05) is 231 Å². The first-order valence-corrected chi connectivity index (χ1v) is 25.9. The second-order valence-electron chi connectivity index (χ2n) is 19.8. The van der Waals surface area contributed by atoms with Crippen molar-refractivity contribution in [3.63, 3.8) is 0 Å². The maximum atomic E-state index is 14.9. The van der Waals surface area contributed by atoms with E-state index in [2.05, 4.69) is 9.97 Å². The van der Waals surface area contributed by atoms with Gasteiger partial charge >= 0.3 is 0 Å². The zero-order valence-corrected chi connectivity index (χ0v) is 41.4. The van der Waals surface area contributed by atoms with Crippen molar-refractivity contribution in [2.45, 2.75) is 49.0 Å². The number of anilines is 2. The highest BCUT2D eigenvalue weighted by Crippen LogP contribution is 2.48. The van der Waals surface area contributed by atoms with E-state index in [0.29, 0.717) is 80.3 Å². The quantitative estimate of drug-likeness (QED) is 0.108. The predicted molar refractivity (Wildman–Crippen MR) is 303 cm³/mol. The largest absolute Gasteiger partial charge is 0.378 e. The molecule has 0 unspecified atom stereocenters. The van der Waals surface area contributed by atoms with Crippen molar-refractivity contribution in [3.05, 3.63) is 251 Å². The van der Waals surface area contributed by atoms with E-state index in [9.17, 15) is 19.8 Å². The van der Waals surface area contributed by atoms with Crippen LogP contribution in [0.15, 0.2) is 206 Å². The molecule has 4 aliphatic rings. The minimum absolute atomic E-state index is 0.138. The Kier molecular flexibility index (Phi) is 11.6. The van der Waals surface area contributed by atoms with Gasteiger partial charge in [-0.25, -0.2) is 9.97 Å². The van der Waals surface area contributed by atoms with E-state index in [1.54, 1.807) is 9.80 Å². The molecule has 0 saturated carbocycles. The van der Waals surface area contributed by atoms with E-state index >= 15 is 0 Å². The summed E-state index contributed by atoms with van der Waals surface area (Å²) in [5.41, 5.74) is 8.93. The lowest BCUT2D eigenvalue weighted by Crippen LogP contribution is -2.50. The van der Waals surface area contributed by atoms with Crippen LogP contribution in [0.2, 0.25) is 0 Å². The summed E-state index contributed by atoms with van der Waals surface area (Å²) < 4.78 is 0. The third-order valence-electron chi connectivity index (χ3n) is 15.5.